The van der Waals surface area contributed by atoms with Crippen molar-refractivity contribution in [3.05, 3.63) is 45.1 Å². The number of carbonyl (C=O) groups is 2. The number of H-pyrrole nitrogens is 1. The molecule has 1 aliphatic heterocycles. The van der Waals surface area contributed by atoms with E-state index in [1.807, 2.05) is 25.1 Å². The summed E-state index contributed by atoms with van der Waals surface area (Å²) in [5, 5.41) is 1.49. The van der Waals surface area contributed by atoms with E-state index in [1.165, 1.54) is 11.3 Å². The molecule has 2 amide bonds. The van der Waals surface area contributed by atoms with E-state index >= 15 is 0 Å². The van der Waals surface area contributed by atoms with E-state index in [-0.39, 0.29) is 17.6 Å². The first-order chi connectivity index (χ1) is 13.5. The van der Waals surface area contributed by atoms with E-state index in [9.17, 15) is 14.4 Å². The molecule has 8 heteroatoms. The molecule has 1 saturated heterocycles. The Morgan fingerprint density at radius 2 is 1.82 bits per heavy atom. The summed E-state index contributed by atoms with van der Waals surface area (Å²) in [5.41, 5.74) is 1.68. The van der Waals surface area contributed by atoms with Gasteiger partial charge in [0.2, 0.25) is 0 Å². The second-order valence-corrected chi connectivity index (χ2v) is 7.89. The van der Waals surface area contributed by atoms with Crippen LogP contribution in [0.1, 0.15) is 22.2 Å². The number of piperazine rings is 1. The Kier molecular flexibility index (Phi) is 4.80. The second-order valence-electron chi connectivity index (χ2n) is 6.83. The van der Waals surface area contributed by atoms with Crippen LogP contribution in [0.3, 0.4) is 0 Å². The standard InChI is InChI=1S/C20H21N3O4S/c1-3-27-20(26)23-8-6-22(7-9-23)19(25)16-11-14-17(28-16)13-10-12(2)4-5-15(13)21-18(14)24/h4-5,10-11H,3,6-9H2,1-2H3,(H,21,24). The number of aromatic amines is 1. The van der Waals surface area contributed by atoms with Crippen LogP contribution in [0.15, 0.2) is 29.1 Å². The van der Waals surface area contributed by atoms with Crippen LogP contribution < -0.4 is 5.56 Å². The molecule has 146 valence electrons. The number of rotatable bonds is 2. The first-order valence-electron chi connectivity index (χ1n) is 9.25. The first-order valence-corrected chi connectivity index (χ1v) is 10.1. The quantitative estimate of drug-likeness (QED) is 0.718. The highest BCUT2D eigenvalue weighted by atomic mass is 32.1. The van der Waals surface area contributed by atoms with E-state index < -0.39 is 0 Å². The summed E-state index contributed by atoms with van der Waals surface area (Å²) in [6.45, 7) is 5.88. The van der Waals surface area contributed by atoms with Crippen molar-refractivity contribution in [2.24, 2.45) is 0 Å². The van der Waals surface area contributed by atoms with Crippen molar-refractivity contribution in [2.75, 3.05) is 32.8 Å². The molecule has 0 aliphatic carbocycles. The molecule has 0 saturated carbocycles. The number of nitrogens with zero attached hydrogens (tertiary/aromatic N) is 2. The average Bonchev–Trinajstić information content (AvgIpc) is 3.15. The van der Waals surface area contributed by atoms with E-state index in [0.29, 0.717) is 43.0 Å². The lowest BCUT2D eigenvalue weighted by molar-refractivity contribution is 0.0574. The van der Waals surface area contributed by atoms with Gasteiger partial charge in [-0.05, 0) is 32.0 Å². The van der Waals surface area contributed by atoms with Crippen LogP contribution >= 0.6 is 11.3 Å². The molecule has 1 aliphatic rings. The molecule has 1 fully saturated rings. The minimum absolute atomic E-state index is 0.107. The normalized spacial score (nSPS) is 14.6. The number of ether oxygens (including phenoxy) is 1. The summed E-state index contributed by atoms with van der Waals surface area (Å²) in [6.07, 6.45) is -0.343. The van der Waals surface area contributed by atoms with Gasteiger partial charge in [0.05, 0.1) is 16.9 Å². The topological polar surface area (TPSA) is 82.7 Å². The van der Waals surface area contributed by atoms with Crippen LogP contribution in [0.5, 0.6) is 0 Å². The predicted molar refractivity (Wildman–Crippen MR) is 109 cm³/mol. The first kappa shape index (κ1) is 18.5. The van der Waals surface area contributed by atoms with Gasteiger partial charge in [-0.25, -0.2) is 4.79 Å². The zero-order valence-electron chi connectivity index (χ0n) is 15.8. The fraction of sp³-hybridized carbons (Fsp3) is 0.350. The van der Waals surface area contributed by atoms with Gasteiger partial charge in [-0.2, -0.15) is 0 Å². The highest BCUT2D eigenvalue weighted by Gasteiger charge is 2.27. The van der Waals surface area contributed by atoms with Crippen LogP contribution in [-0.4, -0.2) is 59.6 Å². The Morgan fingerprint density at radius 3 is 2.54 bits per heavy atom. The fourth-order valence-corrected chi connectivity index (χ4v) is 4.63. The number of hydrogen-bond donors (Lipinski definition) is 1. The molecule has 0 bridgehead atoms. The van der Waals surface area contributed by atoms with Crippen LogP contribution in [0, 0.1) is 6.92 Å². The van der Waals surface area contributed by atoms with Crippen LogP contribution in [-0.2, 0) is 4.74 Å². The van der Waals surface area contributed by atoms with Gasteiger partial charge >= 0.3 is 6.09 Å². The lowest BCUT2D eigenvalue weighted by Gasteiger charge is -2.33. The molecule has 3 heterocycles. The molecule has 4 rings (SSSR count). The van der Waals surface area contributed by atoms with Crippen molar-refractivity contribution < 1.29 is 14.3 Å². The summed E-state index contributed by atoms with van der Waals surface area (Å²) in [4.78, 5) is 44.0. The maximum atomic E-state index is 13.0. The van der Waals surface area contributed by atoms with Gasteiger partial charge in [-0.15, -0.1) is 11.3 Å². The molecule has 28 heavy (non-hydrogen) atoms. The fourth-order valence-electron chi connectivity index (χ4n) is 3.47. The zero-order valence-corrected chi connectivity index (χ0v) is 16.6. The highest BCUT2D eigenvalue weighted by Crippen LogP contribution is 2.31. The maximum Gasteiger partial charge on any atom is 0.409 e. The monoisotopic (exact) mass is 399 g/mol. The number of fused-ring (bicyclic) bond motifs is 3. The van der Waals surface area contributed by atoms with Gasteiger partial charge in [0.25, 0.3) is 11.5 Å². The van der Waals surface area contributed by atoms with E-state index in [4.69, 9.17) is 4.74 Å². The number of hydrogen-bond acceptors (Lipinski definition) is 5. The molecular formula is C20H21N3O4S. The predicted octanol–water partition coefficient (Wildman–Crippen LogP) is 2.97. The Balaban J connectivity index is 1.61. The Bertz CT molecular complexity index is 1130. The highest BCUT2D eigenvalue weighted by molar-refractivity contribution is 7.21. The van der Waals surface area contributed by atoms with E-state index in [2.05, 4.69) is 4.98 Å². The summed E-state index contributed by atoms with van der Waals surface area (Å²) in [7, 11) is 0. The Labute approximate surface area is 165 Å². The maximum absolute atomic E-state index is 13.0. The number of pyridine rings is 1. The van der Waals surface area contributed by atoms with Crippen molar-refractivity contribution in [1.82, 2.24) is 14.8 Å². The molecule has 0 atom stereocenters. The van der Waals surface area contributed by atoms with Gasteiger partial charge in [0, 0.05) is 41.8 Å². The smallest absolute Gasteiger partial charge is 0.409 e. The van der Waals surface area contributed by atoms with Crippen molar-refractivity contribution in [3.63, 3.8) is 0 Å². The van der Waals surface area contributed by atoms with Gasteiger partial charge in [0.15, 0.2) is 0 Å². The van der Waals surface area contributed by atoms with Gasteiger partial charge in [0.1, 0.15) is 0 Å². The number of amides is 2. The van der Waals surface area contributed by atoms with Crippen LogP contribution in [0.4, 0.5) is 4.79 Å². The zero-order chi connectivity index (χ0) is 19.8. The largest absolute Gasteiger partial charge is 0.450 e. The number of aryl methyl sites for hydroxylation is 1. The lowest BCUT2D eigenvalue weighted by atomic mass is 10.1. The van der Waals surface area contributed by atoms with Crippen molar-refractivity contribution in [3.8, 4) is 0 Å². The van der Waals surface area contributed by atoms with E-state index in [0.717, 1.165) is 21.2 Å². The number of benzene rings is 1. The average molecular weight is 399 g/mol. The molecule has 1 N–H and O–H groups in total. The summed E-state index contributed by atoms with van der Waals surface area (Å²) < 4.78 is 5.84. The summed E-state index contributed by atoms with van der Waals surface area (Å²) in [6, 6.07) is 7.55. The number of nitrogens with one attached hydrogen (secondary N) is 1. The van der Waals surface area contributed by atoms with Crippen molar-refractivity contribution >= 4 is 44.3 Å². The molecule has 1 aromatic carbocycles. The van der Waals surface area contributed by atoms with Gasteiger partial charge in [-0.1, -0.05) is 11.6 Å². The summed E-state index contributed by atoms with van der Waals surface area (Å²) in [5.74, 6) is -0.107. The number of aromatic nitrogens is 1. The third-order valence-electron chi connectivity index (χ3n) is 4.95. The third-order valence-corrected chi connectivity index (χ3v) is 6.10. The van der Waals surface area contributed by atoms with E-state index in [1.54, 1.807) is 22.8 Å². The molecule has 7 nitrogen and oxygen atoms in total. The van der Waals surface area contributed by atoms with Crippen molar-refractivity contribution in [1.29, 1.82) is 0 Å². The third kappa shape index (κ3) is 3.24. The number of thiophene rings is 1. The molecular weight excluding hydrogens is 378 g/mol. The van der Waals surface area contributed by atoms with Gasteiger partial charge in [-0.3, -0.25) is 9.59 Å². The van der Waals surface area contributed by atoms with Crippen LogP contribution in [0.2, 0.25) is 0 Å². The number of carbonyl (C=O) groups excluding carboxylic acids is 2. The SMILES string of the molecule is CCOC(=O)N1CCN(C(=O)c2cc3c(=O)[nH]c4ccc(C)cc4c3s2)CC1. The minimum atomic E-state index is -0.343. The molecule has 0 unspecified atom stereocenters. The molecule has 2 aromatic heterocycles. The minimum Gasteiger partial charge on any atom is -0.450 e. The Hall–Kier alpha value is -2.87. The van der Waals surface area contributed by atoms with Crippen LogP contribution in [0.25, 0.3) is 21.0 Å². The molecule has 0 radical (unpaired) electrons. The molecule has 0 spiro atoms. The Morgan fingerprint density at radius 1 is 1.11 bits per heavy atom. The van der Waals surface area contributed by atoms with Crippen molar-refractivity contribution in [2.45, 2.75) is 13.8 Å². The molecule has 3 aromatic rings. The second kappa shape index (κ2) is 7.27. The van der Waals surface area contributed by atoms with Gasteiger partial charge < -0.3 is 19.5 Å². The summed E-state index contributed by atoms with van der Waals surface area (Å²) >= 11 is 1.35. The lowest BCUT2D eigenvalue weighted by Crippen LogP contribution is -2.50.